The van der Waals surface area contributed by atoms with Gasteiger partial charge in [0.1, 0.15) is 5.58 Å². The molecule has 0 unspecified atom stereocenters. The van der Waals surface area contributed by atoms with Crippen LogP contribution in [0.1, 0.15) is 10.4 Å². The number of hydrogen-bond acceptors (Lipinski definition) is 4. The molecule has 0 atom stereocenters. The number of carboxylic acid groups (broad SMARTS) is 1. The van der Waals surface area contributed by atoms with E-state index in [9.17, 15) is 4.79 Å². The van der Waals surface area contributed by atoms with E-state index in [1.54, 1.807) is 18.4 Å². The zero-order valence-corrected chi connectivity index (χ0v) is 9.20. The third-order valence-electron chi connectivity index (χ3n) is 2.72. The van der Waals surface area contributed by atoms with E-state index in [4.69, 9.17) is 9.52 Å². The third kappa shape index (κ3) is 1.62. The van der Waals surface area contributed by atoms with Gasteiger partial charge in [0.2, 0.25) is 0 Å². The van der Waals surface area contributed by atoms with Crippen molar-refractivity contribution in [1.29, 1.82) is 0 Å². The van der Waals surface area contributed by atoms with Gasteiger partial charge in [-0.1, -0.05) is 6.07 Å². The molecule has 2 aromatic heterocycles. The molecule has 0 bridgehead atoms. The van der Waals surface area contributed by atoms with Crippen LogP contribution in [0.15, 0.2) is 47.3 Å². The van der Waals surface area contributed by atoms with Gasteiger partial charge in [0, 0.05) is 10.9 Å². The van der Waals surface area contributed by atoms with Gasteiger partial charge >= 0.3 is 5.97 Å². The third-order valence-corrected chi connectivity index (χ3v) is 2.72. The molecule has 5 heteroatoms. The van der Waals surface area contributed by atoms with E-state index < -0.39 is 5.97 Å². The minimum absolute atomic E-state index is 0.132. The molecule has 5 nitrogen and oxygen atoms in total. The standard InChI is InChI=1S/C13H8N2O3/c16-13(17)11-7-15-14-6-10(11)8-1-2-12-9(5-8)3-4-18-12/h1-7H,(H,16,17). The number of furan rings is 1. The largest absolute Gasteiger partial charge is 0.478 e. The lowest BCUT2D eigenvalue weighted by atomic mass is 10.0. The van der Waals surface area contributed by atoms with E-state index in [0.29, 0.717) is 5.56 Å². The quantitative estimate of drug-likeness (QED) is 0.745. The molecule has 0 saturated heterocycles. The van der Waals surface area contributed by atoms with E-state index in [-0.39, 0.29) is 5.56 Å². The van der Waals surface area contributed by atoms with Gasteiger partial charge < -0.3 is 9.52 Å². The van der Waals surface area contributed by atoms with Crippen molar-refractivity contribution in [2.75, 3.05) is 0 Å². The average molecular weight is 240 g/mol. The van der Waals surface area contributed by atoms with Gasteiger partial charge in [-0.25, -0.2) is 4.79 Å². The topological polar surface area (TPSA) is 76.2 Å². The molecule has 0 radical (unpaired) electrons. The van der Waals surface area contributed by atoms with Gasteiger partial charge in [-0.2, -0.15) is 10.2 Å². The van der Waals surface area contributed by atoms with Gasteiger partial charge in [0.15, 0.2) is 0 Å². The molecule has 18 heavy (non-hydrogen) atoms. The van der Waals surface area contributed by atoms with Crippen molar-refractivity contribution in [1.82, 2.24) is 10.2 Å². The second kappa shape index (κ2) is 3.96. The molecular formula is C13H8N2O3. The van der Waals surface area contributed by atoms with Crippen molar-refractivity contribution < 1.29 is 14.3 Å². The second-order valence-corrected chi connectivity index (χ2v) is 3.79. The Kier molecular flexibility index (Phi) is 2.30. The minimum Gasteiger partial charge on any atom is -0.478 e. The molecule has 0 aliphatic heterocycles. The van der Waals surface area contributed by atoms with Crippen LogP contribution < -0.4 is 0 Å². The molecule has 88 valence electrons. The number of carboxylic acids is 1. The van der Waals surface area contributed by atoms with Gasteiger partial charge in [-0.15, -0.1) is 0 Å². The van der Waals surface area contributed by atoms with Crippen LogP contribution in [0.2, 0.25) is 0 Å². The molecule has 0 aliphatic carbocycles. The summed E-state index contributed by atoms with van der Waals surface area (Å²) in [6, 6.07) is 7.29. The summed E-state index contributed by atoms with van der Waals surface area (Å²) in [4.78, 5) is 11.1. The van der Waals surface area contributed by atoms with E-state index in [2.05, 4.69) is 10.2 Å². The fourth-order valence-corrected chi connectivity index (χ4v) is 1.86. The minimum atomic E-state index is -1.02. The highest BCUT2D eigenvalue weighted by molar-refractivity contribution is 5.96. The summed E-state index contributed by atoms with van der Waals surface area (Å²) in [5, 5.41) is 17.4. The zero-order valence-electron chi connectivity index (χ0n) is 9.20. The van der Waals surface area contributed by atoms with Crippen molar-refractivity contribution in [3.63, 3.8) is 0 Å². The highest BCUT2D eigenvalue weighted by atomic mass is 16.4. The lowest BCUT2D eigenvalue weighted by Gasteiger charge is -2.04. The van der Waals surface area contributed by atoms with Crippen LogP contribution >= 0.6 is 0 Å². The van der Waals surface area contributed by atoms with Crippen molar-refractivity contribution in [2.45, 2.75) is 0 Å². The van der Waals surface area contributed by atoms with Crippen LogP contribution in [0, 0.1) is 0 Å². The number of carbonyl (C=O) groups is 1. The van der Waals surface area contributed by atoms with E-state index in [1.165, 1.54) is 12.4 Å². The molecule has 3 rings (SSSR count). The Hall–Kier alpha value is -2.69. The molecule has 1 N–H and O–H groups in total. The maximum atomic E-state index is 11.1. The Morgan fingerprint density at radius 3 is 2.83 bits per heavy atom. The molecule has 0 fully saturated rings. The van der Waals surface area contributed by atoms with Crippen LogP contribution in [-0.4, -0.2) is 21.3 Å². The molecular weight excluding hydrogens is 232 g/mol. The molecule has 1 aromatic carbocycles. The van der Waals surface area contributed by atoms with Gasteiger partial charge in [-0.3, -0.25) is 0 Å². The lowest BCUT2D eigenvalue weighted by molar-refractivity contribution is 0.0697. The van der Waals surface area contributed by atoms with Crippen molar-refractivity contribution in [3.8, 4) is 11.1 Å². The smallest absolute Gasteiger partial charge is 0.338 e. The molecule has 0 aliphatic rings. The summed E-state index contributed by atoms with van der Waals surface area (Å²) in [7, 11) is 0. The first-order valence-corrected chi connectivity index (χ1v) is 5.27. The molecule has 0 saturated carbocycles. The summed E-state index contributed by atoms with van der Waals surface area (Å²) in [5.41, 5.74) is 2.21. The number of hydrogen-bond donors (Lipinski definition) is 1. The summed E-state index contributed by atoms with van der Waals surface area (Å²) >= 11 is 0. The first-order valence-electron chi connectivity index (χ1n) is 5.27. The SMILES string of the molecule is O=C(O)c1cnncc1-c1ccc2occc2c1. The zero-order chi connectivity index (χ0) is 12.5. The Balaban J connectivity index is 2.22. The lowest BCUT2D eigenvalue weighted by Crippen LogP contribution is -2.01. The van der Waals surface area contributed by atoms with E-state index >= 15 is 0 Å². The van der Waals surface area contributed by atoms with Crippen LogP contribution in [0.3, 0.4) is 0 Å². The number of benzene rings is 1. The van der Waals surface area contributed by atoms with Gasteiger partial charge in [-0.05, 0) is 23.8 Å². The summed E-state index contributed by atoms with van der Waals surface area (Å²) in [6.45, 7) is 0. The van der Waals surface area contributed by atoms with Crippen LogP contribution in [-0.2, 0) is 0 Å². The molecule has 0 amide bonds. The first kappa shape index (κ1) is 10.5. The van der Waals surface area contributed by atoms with Crippen LogP contribution in [0.25, 0.3) is 22.1 Å². The van der Waals surface area contributed by atoms with Crippen molar-refractivity contribution in [2.24, 2.45) is 0 Å². The number of fused-ring (bicyclic) bond motifs is 1. The first-order chi connectivity index (χ1) is 8.75. The van der Waals surface area contributed by atoms with Crippen molar-refractivity contribution >= 4 is 16.9 Å². The molecule has 2 heterocycles. The van der Waals surface area contributed by atoms with Gasteiger partial charge in [0.05, 0.1) is 24.2 Å². The highest BCUT2D eigenvalue weighted by Crippen LogP contribution is 2.26. The fraction of sp³-hybridized carbons (Fsp3) is 0. The summed E-state index contributed by atoms with van der Waals surface area (Å²) < 4.78 is 5.24. The maximum Gasteiger partial charge on any atom is 0.338 e. The molecule has 3 aromatic rings. The number of nitrogens with zero attached hydrogens (tertiary/aromatic N) is 2. The maximum absolute atomic E-state index is 11.1. The molecule has 0 spiro atoms. The number of rotatable bonds is 2. The Morgan fingerprint density at radius 1 is 1.17 bits per heavy atom. The van der Waals surface area contributed by atoms with E-state index in [1.807, 2.05) is 12.1 Å². The highest BCUT2D eigenvalue weighted by Gasteiger charge is 2.12. The Morgan fingerprint density at radius 2 is 2.00 bits per heavy atom. The van der Waals surface area contributed by atoms with E-state index in [0.717, 1.165) is 16.5 Å². The fourth-order valence-electron chi connectivity index (χ4n) is 1.86. The van der Waals surface area contributed by atoms with Crippen molar-refractivity contribution in [3.05, 3.63) is 48.5 Å². The summed E-state index contributed by atoms with van der Waals surface area (Å²) in [6.07, 6.45) is 4.29. The predicted molar refractivity (Wildman–Crippen MR) is 64.2 cm³/mol. The summed E-state index contributed by atoms with van der Waals surface area (Å²) in [5.74, 6) is -1.02. The predicted octanol–water partition coefficient (Wildman–Crippen LogP) is 2.59. The normalized spacial score (nSPS) is 10.7. The second-order valence-electron chi connectivity index (χ2n) is 3.79. The monoisotopic (exact) mass is 240 g/mol. The number of aromatic carboxylic acids is 1. The number of aromatic nitrogens is 2. The van der Waals surface area contributed by atoms with Crippen LogP contribution in [0.5, 0.6) is 0 Å². The average Bonchev–Trinajstić information content (AvgIpc) is 2.85. The van der Waals surface area contributed by atoms with Crippen LogP contribution in [0.4, 0.5) is 0 Å². The van der Waals surface area contributed by atoms with Gasteiger partial charge in [0.25, 0.3) is 0 Å². The Labute approximate surface area is 102 Å². The Bertz CT molecular complexity index is 734.